The molecule has 2 aromatic carbocycles. The third-order valence-electron chi connectivity index (χ3n) is 3.61. The van der Waals surface area contributed by atoms with E-state index in [0.717, 1.165) is 0 Å². The van der Waals surface area contributed by atoms with E-state index in [9.17, 15) is 13.2 Å². The van der Waals surface area contributed by atoms with Crippen molar-refractivity contribution in [3.63, 3.8) is 0 Å². The van der Waals surface area contributed by atoms with Gasteiger partial charge in [-0.05, 0) is 57.9 Å². The Morgan fingerprint density at radius 2 is 1.86 bits per heavy atom. The second-order valence-electron chi connectivity index (χ2n) is 5.58. The van der Waals surface area contributed by atoms with Crippen LogP contribution in [0.2, 0.25) is 0 Å². The number of carbonyl (C=O) groups is 1. The summed E-state index contributed by atoms with van der Waals surface area (Å²) in [7, 11) is -2.25. The molecule has 0 saturated heterocycles. The van der Waals surface area contributed by atoms with Gasteiger partial charge in [-0.25, -0.2) is 5.43 Å². The number of hydrogen-bond acceptors (Lipinski definition) is 6. The zero-order valence-corrected chi connectivity index (χ0v) is 17.0. The van der Waals surface area contributed by atoms with E-state index < -0.39 is 16.0 Å². The number of hydrazone groups is 1. The number of amides is 1. The fourth-order valence-corrected chi connectivity index (χ4v) is 3.74. The van der Waals surface area contributed by atoms with Crippen molar-refractivity contribution in [1.29, 1.82) is 0 Å². The second kappa shape index (κ2) is 8.36. The van der Waals surface area contributed by atoms with Gasteiger partial charge in [0.25, 0.3) is 5.91 Å². The van der Waals surface area contributed by atoms with Crippen LogP contribution in [-0.2, 0) is 17.2 Å². The predicted molar refractivity (Wildman–Crippen MR) is 107 cm³/mol. The Labute approximate surface area is 170 Å². The summed E-state index contributed by atoms with van der Waals surface area (Å²) in [6.07, 6.45) is 2.94. The van der Waals surface area contributed by atoms with E-state index in [4.69, 9.17) is 4.18 Å². The number of halogens is 1. The summed E-state index contributed by atoms with van der Waals surface area (Å²) in [5.41, 5.74) is 3.39. The van der Waals surface area contributed by atoms with Crippen molar-refractivity contribution in [2.24, 2.45) is 12.1 Å². The molecule has 8 nitrogen and oxygen atoms in total. The Morgan fingerprint density at radius 1 is 1.18 bits per heavy atom. The number of benzene rings is 2. The molecule has 0 aliphatic heterocycles. The molecule has 0 fully saturated rings. The van der Waals surface area contributed by atoms with Crippen LogP contribution in [0, 0.1) is 0 Å². The Hall–Kier alpha value is -2.98. The van der Waals surface area contributed by atoms with Crippen LogP contribution in [0.25, 0.3) is 0 Å². The van der Waals surface area contributed by atoms with Crippen LogP contribution >= 0.6 is 15.9 Å². The highest BCUT2D eigenvalue weighted by atomic mass is 79.9. The molecule has 0 aliphatic carbocycles. The largest absolute Gasteiger partial charge is 0.379 e. The summed E-state index contributed by atoms with van der Waals surface area (Å²) < 4.78 is 31.5. The van der Waals surface area contributed by atoms with Crippen LogP contribution in [0.4, 0.5) is 0 Å². The Kier molecular flexibility index (Phi) is 5.90. The minimum atomic E-state index is -3.89. The van der Waals surface area contributed by atoms with Gasteiger partial charge in [0.2, 0.25) is 0 Å². The van der Waals surface area contributed by atoms with Gasteiger partial charge in [-0.1, -0.05) is 18.2 Å². The first-order valence-corrected chi connectivity index (χ1v) is 10.2. The van der Waals surface area contributed by atoms with Gasteiger partial charge in [-0.2, -0.15) is 18.6 Å². The van der Waals surface area contributed by atoms with Crippen molar-refractivity contribution < 1.29 is 17.4 Å². The van der Waals surface area contributed by atoms with E-state index in [-0.39, 0.29) is 10.6 Å². The van der Waals surface area contributed by atoms with Gasteiger partial charge >= 0.3 is 10.1 Å². The van der Waals surface area contributed by atoms with E-state index in [1.807, 2.05) is 0 Å². The molecule has 10 heteroatoms. The van der Waals surface area contributed by atoms with Crippen LogP contribution in [0.15, 0.2) is 75.3 Å². The van der Waals surface area contributed by atoms with E-state index in [0.29, 0.717) is 15.7 Å². The topological polar surface area (TPSA) is 103 Å². The Balaban J connectivity index is 1.63. The summed E-state index contributed by atoms with van der Waals surface area (Å²) in [6.45, 7) is 0. The second-order valence-corrected chi connectivity index (χ2v) is 7.98. The van der Waals surface area contributed by atoms with E-state index in [2.05, 4.69) is 31.6 Å². The van der Waals surface area contributed by atoms with Crippen LogP contribution in [0.3, 0.4) is 0 Å². The highest BCUT2D eigenvalue weighted by Crippen LogP contribution is 2.18. The zero-order chi connectivity index (χ0) is 20.1. The molecule has 3 rings (SSSR count). The van der Waals surface area contributed by atoms with Gasteiger partial charge < -0.3 is 4.18 Å². The van der Waals surface area contributed by atoms with Crippen molar-refractivity contribution in [2.45, 2.75) is 4.90 Å². The molecule has 1 amide bonds. The molecular formula is C18H15BrN4O4S. The van der Waals surface area contributed by atoms with Gasteiger partial charge in [0, 0.05) is 7.05 Å². The molecule has 0 radical (unpaired) electrons. The van der Waals surface area contributed by atoms with Crippen LogP contribution in [0.5, 0.6) is 5.75 Å². The summed E-state index contributed by atoms with van der Waals surface area (Å²) in [4.78, 5) is 12.2. The third kappa shape index (κ3) is 4.65. The summed E-state index contributed by atoms with van der Waals surface area (Å²) in [5.74, 6) is -0.249. The molecule has 3 aromatic rings. The van der Waals surface area contributed by atoms with Gasteiger partial charge in [-0.3, -0.25) is 9.48 Å². The lowest BCUT2D eigenvalue weighted by molar-refractivity contribution is 0.0945. The fourth-order valence-electron chi connectivity index (χ4n) is 2.26. The third-order valence-corrected chi connectivity index (χ3v) is 5.45. The molecule has 0 aliphatic rings. The highest BCUT2D eigenvalue weighted by molar-refractivity contribution is 9.10. The molecule has 1 N–H and O–H groups in total. The smallest absolute Gasteiger partial charge is 0.339 e. The minimum absolute atomic E-state index is 0.0738. The maximum Gasteiger partial charge on any atom is 0.339 e. The van der Waals surface area contributed by atoms with Crippen molar-refractivity contribution in [1.82, 2.24) is 15.2 Å². The SMILES string of the molecule is Cn1ncc(Br)c1C(=O)NN=Cc1ccc(OS(=O)(=O)c2ccccc2)cc1. The highest BCUT2D eigenvalue weighted by Gasteiger charge is 2.16. The maximum atomic E-state index is 12.2. The summed E-state index contributed by atoms with van der Waals surface area (Å²) in [6, 6.07) is 14.1. The summed E-state index contributed by atoms with van der Waals surface area (Å²) >= 11 is 3.24. The molecule has 144 valence electrons. The van der Waals surface area contributed by atoms with Gasteiger partial charge in [-0.15, -0.1) is 0 Å². The number of rotatable bonds is 6. The van der Waals surface area contributed by atoms with E-state index >= 15 is 0 Å². The van der Waals surface area contributed by atoms with Crippen LogP contribution in [0.1, 0.15) is 16.1 Å². The fraction of sp³-hybridized carbons (Fsp3) is 0.0556. The van der Waals surface area contributed by atoms with Crippen LogP contribution in [-0.4, -0.2) is 30.3 Å². The standard InChI is InChI=1S/C18H15BrN4O4S/c1-23-17(16(19)12-21-23)18(24)22-20-11-13-7-9-14(10-8-13)27-28(25,26)15-5-3-2-4-6-15/h2-12H,1H3,(H,22,24). The summed E-state index contributed by atoms with van der Waals surface area (Å²) in [5, 5.41) is 7.84. The molecule has 28 heavy (non-hydrogen) atoms. The first-order chi connectivity index (χ1) is 13.4. The first-order valence-electron chi connectivity index (χ1n) is 7.97. The molecule has 0 bridgehead atoms. The average molecular weight is 463 g/mol. The quantitative estimate of drug-likeness (QED) is 0.344. The molecule has 0 spiro atoms. The predicted octanol–water partition coefficient (Wildman–Crippen LogP) is 2.71. The van der Waals surface area contributed by atoms with E-state index in [1.54, 1.807) is 37.4 Å². The Bertz CT molecular complexity index is 1090. The van der Waals surface area contributed by atoms with Gasteiger partial charge in [0.1, 0.15) is 16.3 Å². The molecule has 0 atom stereocenters. The molecule has 1 heterocycles. The van der Waals surface area contributed by atoms with Crippen molar-refractivity contribution in [3.05, 3.63) is 76.5 Å². The lowest BCUT2D eigenvalue weighted by atomic mass is 10.2. The lowest BCUT2D eigenvalue weighted by Crippen LogP contribution is -2.21. The van der Waals surface area contributed by atoms with Crippen LogP contribution < -0.4 is 9.61 Å². The van der Waals surface area contributed by atoms with Crippen molar-refractivity contribution in [3.8, 4) is 5.75 Å². The maximum absolute atomic E-state index is 12.2. The first kappa shape index (κ1) is 19.8. The zero-order valence-electron chi connectivity index (χ0n) is 14.6. The molecule has 0 saturated carbocycles. The number of nitrogens with zero attached hydrogens (tertiary/aromatic N) is 3. The lowest BCUT2D eigenvalue weighted by Gasteiger charge is -2.07. The monoisotopic (exact) mass is 462 g/mol. The molecular weight excluding hydrogens is 448 g/mol. The number of nitrogens with one attached hydrogen (secondary N) is 1. The van der Waals surface area contributed by atoms with Crippen molar-refractivity contribution >= 4 is 38.2 Å². The molecule has 0 unspecified atom stereocenters. The van der Waals surface area contributed by atoms with Gasteiger partial charge in [0.15, 0.2) is 0 Å². The van der Waals surface area contributed by atoms with E-state index in [1.165, 1.54) is 41.4 Å². The molecule has 1 aromatic heterocycles. The Morgan fingerprint density at radius 3 is 2.46 bits per heavy atom. The van der Waals surface area contributed by atoms with Crippen molar-refractivity contribution in [2.75, 3.05) is 0 Å². The average Bonchev–Trinajstić information content (AvgIpc) is 3.02. The normalized spacial score (nSPS) is 11.5. The number of aryl methyl sites for hydroxylation is 1. The minimum Gasteiger partial charge on any atom is -0.379 e. The van der Waals surface area contributed by atoms with Gasteiger partial charge in [0.05, 0.1) is 16.9 Å². The number of aromatic nitrogens is 2. The number of hydrogen-bond donors (Lipinski definition) is 1. The number of carbonyl (C=O) groups excluding carboxylic acids is 1.